The number of benzene rings is 1. The molecule has 1 amide bonds. The van der Waals surface area contributed by atoms with Gasteiger partial charge in [-0.25, -0.2) is 9.37 Å². The Kier molecular flexibility index (Phi) is 4.98. The molecule has 2 saturated heterocycles. The van der Waals surface area contributed by atoms with E-state index in [2.05, 4.69) is 20.2 Å². The van der Waals surface area contributed by atoms with Crippen LogP contribution in [0.2, 0.25) is 0 Å². The van der Waals surface area contributed by atoms with Crippen molar-refractivity contribution in [1.82, 2.24) is 20.2 Å². The Morgan fingerprint density at radius 1 is 1.15 bits per heavy atom. The number of nitrogens with zero attached hydrogens (tertiary/aromatic N) is 4. The van der Waals surface area contributed by atoms with Gasteiger partial charge in [-0.3, -0.25) is 9.78 Å². The minimum atomic E-state index is -0.926. The second-order valence-corrected chi connectivity index (χ2v) is 9.91. The number of piperidine rings is 1. The highest BCUT2D eigenvalue weighted by Gasteiger charge is 2.48. The monoisotopic (exact) mass is 465 g/mol. The molecule has 3 aliphatic rings. The lowest BCUT2D eigenvalue weighted by Crippen LogP contribution is -2.57. The molecule has 2 aliphatic heterocycles. The van der Waals surface area contributed by atoms with Crippen molar-refractivity contribution in [3.63, 3.8) is 0 Å². The first-order valence-corrected chi connectivity index (χ1v) is 11.9. The molecule has 1 aromatic carbocycles. The number of amides is 1. The Bertz CT molecular complexity index is 1240. The maximum absolute atomic E-state index is 15.3. The second kappa shape index (κ2) is 7.94. The number of alkyl halides is 1. The van der Waals surface area contributed by atoms with Gasteiger partial charge in [0.25, 0.3) is 5.91 Å². The molecule has 2 aromatic heterocycles. The van der Waals surface area contributed by atoms with Crippen LogP contribution in [0.15, 0.2) is 35.0 Å². The Hall–Kier alpha value is -3.20. The molecule has 8 nitrogen and oxygen atoms in total. The molecule has 3 fully saturated rings. The summed E-state index contributed by atoms with van der Waals surface area (Å²) >= 11 is 0. The molecule has 34 heavy (non-hydrogen) atoms. The first-order valence-electron chi connectivity index (χ1n) is 11.9. The molecule has 1 saturated carbocycles. The third-order valence-corrected chi connectivity index (χ3v) is 7.28. The molecule has 3 aromatic rings. The topological polar surface area (TPSA) is 94.7 Å². The highest BCUT2D eigenvalue weighted by Crippen LogP contribution is 2.40. The Balaban J connectivity index is 1.30. The zero-order valence-electron chi connectivity index (χ0n) is 19.2. The van der Waals surface area contributed by atoms with Crippen molar-refractivity contribution in [2.75, 3.05) is 19.0 Å². The van der Waals surface area contributed by atoms with Gasteiger partial charge < -0.3 is 24.6 Å². The fourth-order valence-corrected chi connectivity index (χ4v) is 5.42. The van der Waals surface area contributed by atoms with E-state index in [-0.39, 0.29) is 29.5 Å². The van der Waals surface area contributed by atoms with Crippen LogP contribution in [0, 0.1) is 0 Å². The van der Waals surface area contributed by atoms with Gasteiger partial charge in [0.2, 0.25) is 0 Å². The number of carbonyl (C=O) groups excluding carboxylic acids is 1. The molecular weight excluding hydrogens is 437 g/mol. The highest BCUT2D eigenvalue weighted by molar-refractivity contribution is 5.97. The summed E-state index contributed by atoms with van der Waals surface area (Å²) < 4.78 is 21.0. The normalized spacial score (nSPS) is 26.1. The van der Waals surface area contributed by atoms with Crippen molar-refractivity contribution in [3.8, 4) is 17.0 Å². The standard InChI is InChI=1S/C25H28FN5O3/c1-30(2)25(33)22-8-13-7-20(32)16(10-21(13)34-22)18-11-28-23(12-27-18)31(15-4-5-15)19-9-14-3-6-17(29-14)24(19)26/h7-8,10-12,14-15,17,19,24,29,32H,3-6,9H2,1-2H3/t14-,17+,19-,24+/m0/s1. The Morgan fingerprint density at radius 2 is 1.97 bits per heavy atom. The SMILES string of the molecule is CN(C)C(=O)c1cc2cc(O)c(-c3cnc(N(C4CC4)[C@H]4C[C@@H]5CC[C@@H](N5)[C@H]4F)cn3)cc2o1. The number of phenolic OH excluding ortho intramolecular Hbond substituents is 1. The maximum atomic E-state index is 15.3. The number of hydrogen-bond acceptors (Lipinski definition) is 7. The van der Waals surface area contributed by atoms with Crippen molar-refractivity contribution < 1.29 is 18.7 Å². The molecule has 0 radical (unpaired) electrons. The van der Waals surface area contributed by atoms with E-state index in [1.165, 1.54) is 4.90 Å². The molecule has 0 spiro atoms. The Morgan fingerprint density at radius 3 is 2.68 bits per heavy atom. The molecule has 2 N–H and O–H groups in total. The number of rotatable bonds is 5. The zero-order chi connectivity index (χ0) is 23.6. The number of aromatic hydroxyl groups is 1. The summed E-state index contributed by atoms with van der Waals surface area (Å²) in [6.45, 7) is 0. The van der Waals surface area contributed by atoms with Crippen molar-refractivity contribution in [2.45, 2.75) is 62.4 Å². The first kappa shape index (κ1) is 21.3. The molecule has 6 rings (SSSR count). The molecule has 4 heterocycles. The number of fused-ring (bicyclic) bond motifs is 3. The fourth-order valence-electron chi connectivity index (χ4n) is 5.42. The number of carbonyl (C=O) groups is 1. The van der Waals surface area contributed by atoms with Gasteiger partial charge in [0.05, 0.1) is 24.1 Å². The number of nitrogens with one attached hydrogen (secondary N) is 1. The first-order chi connectivity index (χ1) is 16.4. The van der Waals surface area contributed by atoms with E-state index in [1.807, 2.05) is 0 Å². The maximum Gasteiger partial charge on any atom is 0.289 e. The van der Waals surface area contributed by atoms with Crippen molar-refractivity contribution in [1.29, 1.82) is 0 Å². The number of halogens is 1. The lowest BCUT2D eigenvalue weighted by atomic mass is 9.96. The van der Waals surface area contributed by atoms with Crippen LogP contribution in [0.5, 0.6) is 5.75 Å². The lowest BCUT2D eigenvalue weighted by Gasteiger charge is -2.41. The number of hydrogen-bond donors (Lipinski definition) is 2. The van der Waals surface area contributed by atoms with Crippen LogP contribution >= 0.6 is 0 Å². The van der Waals surface area contributed by atoms with Crippen LogP contribution in [-0.4, -0.2) is 70.3 Å². The molecule has 9 heteroatoms. The minimum Gasteiger partial charge on any atom is -0.507 e. The molecule has 0 unspecified atom stereocenters. The van der Waals surface area contributed by atoms with E-state index in [0.717, 1.165) is 32.1 Å². The van der Waals surface area contributed by atoms with Gasteiger partial charge in [0, 0.05) is 43.2 Å². The van der Waals surface area contributed by atoms with Crippen molar-refractivity contribution in [3.05, 3.63) is 36.4 Å². The summed E-state index contributed by atoms with van der Waals surface area (Å²) in [5.41, 5.74) is 1.43. The van der Waals surface area contributed by atoms with Crippen LogP contribution in [0.3, 0.4) is 0 Å². The molecule has 178 valence electrons. The zero-order valence-corrected chi connectivity index (χ0v) is 19.2. The average molecular weight is 466 g/mol. The third-order valence-electron chi connectivity index (χ3n) is 7.28. The summed E-state index contributed by atoms with van der Waals surface area (Å²) in [5.74, 6) is 0.656. The van der Waals surface area contributed by atoms with Crippen LogP contribution in [0.1, 0.15) is 42.7 Å². The third kappa shape index (κ3) is 3.58. The van der Waals surface area contributed by atoms with E-state index in [9.17, 15) is 9.90 Å². The van der Waals surface area contributed by atoms with E-state index in [0.29, 0.717) is 40.1 Å². The fraction of sp³-hybridized carbons (Fsp3) is 0.480. The molecule has 4 atom stereocenters. The number of furan rings is 1. The lowest BCUT2D eigenvalue weighted by molar-refractivity contribution is 0.0799. The van der Waals surface area contributed by atoms with E-state index >= 15 is 4.39 Å². The molecule has 2 bridgehead atoms. The van der Waals surface area contributed by atoms with Gasteiger partial charge >= 0.3 is 0 Å². The average Bonchev–Trinajstić information content (AvgIpc) is 3.44. The van der Waals surface area contributed by atoms with E-state index in [1.54, 1.807) is 44.7 Å². The summed E-state index contributed by atoms with van der Waals surface area (Å²) in [6.07, 6.45) is 7.15. The summed E-state index contributed by atoms with van der Waals surface area (Å²) in [5, 5.41) is 14.7. The van der Waals surface area contributed by atoms with Gasteiger partial charge in [-0.2, -0.15) is 0 Å². The quantitative estimate of drug-likeness (QED) is 0.596. The van der Waals surface area contributed by atoms with Crippen LogP contribution in [0.25, 0.3) is 22.2 Å². The largest absolute Gasteiger partial charge is 0.507 e. The van der Waals surface area contributed by atoms with E-state index < -0.39 is 6.17 Å². The summed E-state index contributed by atoms with van der Waals surface area (Å²) in [6, 6.07) is 5.26. The smallest absolute Gasteiger partial charge is 0.289 e. The Labute approximate surface area is 196 Å². The van der Waals surface area contributed by atoms with Gasteiger partial charge in [0.15, 0.2) is 5.76 Å². The van der Waals surface area contributed by atoms with Crippen LogP contribution in [0.4, 0.5) is 10.2 Å². The summed E-state index contributed by atoms with van der Waals surface area (Å²) in [4.78, 5) is 25.0. The van der Waals surface area contributed by atoms with Crippen molar-refractivity contribution in [2.24, 2.45) is 0 Å². The number of anilines is 1. The molecule has 1 aliphatic carbocycles. The van der Waals surface area contributed by atoms with Crippen LogP contribution in [-0.2, 0) is 0 Å². The van der Waals surface area contributed by atoms with Gasteiger partial charge in [-0.15, -0.1) is 0 Å². The van der Waals surface area contributed by atoms with Gasteiger partial charge in [0.1, 0.15) is 23.3 Å². The summed E-state index contributed by atoms with van der Waals surface area (Å²) in [7, 11) is 3.31. The van der Waals surface area contributed by atoms with Gasteiger partial charge in [-0.05, 0) is 50.3 Å². The molecular formula is C25H28FN5O3. The highest BCUT2D eigenvalue weighted by atomic mass is 19.1. The van der Waals surface area contributed by atoms with Gasteiger partial charge in [-0.1, -0.05) is 0 Å². The predicted octanol–water partition coefficient (Wildman–Crippen LogP) is 3.50. The second-order valence-electron chi connectivity index (χ2n) is 9.91. The van der Waals surface area contributed by atoms with E-state index in [4.69, 9.17) is 4.42 Å². The minimum absolute atomic E-state index is 0.0250. The predicted molar refractivity (Wildman–Crippen MR) is 126 cm³/mol. The number of aromatic nitrogens is 2. The van der Waals surface area contributed by atoms with Crippen LogP contribution < -0.4 is 10.2 Å². The number of phenols is 1. The van der Waals surface area contributed by atoms with Crippen molar-refractivity contribution >= 4 is 22.7 Å².